The maximum atomic E-state index is 13.0. The highest BCUT2D eigenvalue weighted by molar-refractivity contribution is 6.33. The molecule has 4 N–H and O–H groups in total. The molecule has 1 aliphatic carbocycles. The molecule has 0 bridgehead atoms. The predicted octanol–water partition coefficient (Wildman–Crippen LogP) is 5.71. The Morgan fingerprint density at radius 3 is 2.66 bits per heavy atom. The van der Waals surface area contributed by atoms with Crippen LogP contribution in [-0.2, 0) is 4.79 Å². The Hall–Kier alpha value is -3.95. The summed E-state index contributed by atoms with van der Waals surface area (Å²) >= 11 is 6.50. The molecule has 2 aromatic carbocycles. The molecule has 2 atom stereocenters. The highest BCUT2D eigenvalue weighted by Crippen LogP contribution is 2.32. The maximum Gasteiger partial charge on any atom is 0.251 e. The number of amides is 2. The Morgan fingerprint density at radius 2 is 1.85 bits per heavy atom. The van der Waals surface area contributed by atoms with E-state index in [0.29, 0.717) is 34.3 Å². The first-order valence-electron chi connectivity index (χ1n) is 14.1. The molecule has 0 unspecified atom stereocenters. The van der Waals surface area contributed by atoms with Crippen LogP contribution in [-0.4, -0.2) is 64.4 Å². The minimum Gasteiger partial charge on any atom is -0.360 e. The third kappa shape index (κ3) is 7.42. The van der Waals surface area contributed by atoms with Gasteiger partial charge in [-0.25, -0.2) is 9.97 Å². The summed E-state index contributed by atoms with van der Waals surface area (Å²) < 4.78 is 0. The normalized spacial score (nSPS) is 17.0. The number of fused-ring (bicyclic) bond motifs is 1. The number of aromatic amines is 1. The first kappa shape index (κ1) is 28.6. The fraction of sp³-hybridized carbons (Fsp3) is 0.355. The Balaban J connectivity index is 1.16. The van der Waals surface area contributed by atoms with E-state index in [4.69, 9.17) is 16.6 Å². The van der Waals surface area contributed by atoms with Gasteiger partial charge in [-0.2, -0.15) is 0 Å². The van der Waals surface area contributed by atoms with E-state index in [9.17, 15) is 9.59 Å². The van der Waals surface area contributed by atoms with Crippen molar-refractivity contribution in [3.63, 3.8) is 0 Å². The lowest BCUT2D eigenvalue weighted by molar-refractivity contribution is -0.116. The van der Waals surface area contributed by atoms with Crippen LogP contribution >= 0.6 is 11.6 Å². The number of hydrogen-bond donors (Lipinski definition) is 4. The van der Waals surface area contributed by atoms with E-state index >= 15 is 0 Å². The van der Waals surface area contributed by atoms with Gasteiger partial charge in [-0.15, -0.1) is 0 Å². The van der Waals surface area contributed by atoms with E-state index in [1.165, 1.54) is 0 Å². The number of benzene rings is 2. The number of carbonyl (C=O) groups excluding carboxylic acids is 2. The van der Waals surface area contributed by atoms with Crippen molar-refractivity contribution >= 4 is 46.0 Å². The number of halogens is 1. The van der Waals surface area contributed by atoms with Crippen LogP contribution in [0.15, 0.2) is 60.9 Å². The van der Waals surface area contributed by atoms with E-state index in [2.05, 4.69) is 30.8 Å². The van der Waals surface area contributed by atoms with E-state index in [1.54, 1.807) is 30.5 Å². The third-order valence-corrected chi connectivity index (χ3v) is 7.65. The second-order valence-corrected chi connectivity index (χ2v) is 11.3. The number of carbonyl (C=O) groups is 2. The lowest BCUT2D eigenvalue weighted by Gasteiger charge is -2.30. The van der Waals surface area contributed by atoms with Crippen molar-refractivity contribution in [2.24, 2.45) is 0 Å². The third-order valence-electron chi connectivity index (χ3n) is 7.37. The van der Waals surface area contributed by atoms with Crippen LogP contribution in [0, 0.1) is 0 Å². The van der Waals surface area contributed by atoms with E-state index < -0.39 is 0 Å². The van der Waals surface area contributed by atoms with Crippen molar-refractivity contribution < 1.29 is 9.59 Å². The van der Waals surface area contributed by atoms with E-state index in [0.717, 1.165) is 55.1 Å². The first-order valence-corrected chi connectivity index (χ1v) is 14.4. The summed E-state index contributed by atoms with van der Waals surface area (Å²) in [4.78, 5) is 39.6. The van der Waals surface area contributed by atoms with Crippen LogP contribution < -0.4 is 16.0 Å². The molecule has 214 valence electrons. The lowest BCUT2D eigenvalue weighted by atomic mass is 9.91. The van der Waals surface area contributed by atoms with Crippen LogP contribution in [0.3, 0.4) is 0 Å². The molecule has 4 aromatic rings. The number of para-hydroxylation sites is 1. The van der Waals surface area contributed by atoms with Gasteiger partial charge in [-0.3, -0.25) is 9.59 Å². The highest BCUT2D eigenvalue weighted by atomic mass is 35.5. The standard InChI is InChI=1S/C31H36ClN7O2/c1-39(2)16-6-11-28(40)35-21-14-12-20(13-15-21)30(41)36-22-7-5-8-23(17-22)37-31-34-19-26(32)29(38-31)25-18-33-27-10-4-3-9-24(25)27/h3-4,9-10,12-15,18-19,22-23,33H,5-8,11,16-17H2,1-2H3,(H,35,40)(H,36,41)(H,34,37,38)/t22-,23+/m0/s1. The molecule has 0 aliphatic heterocycles. The van der Waals surface area contributed by atoms with Crippen molar-refractivity contribution in [1.29, 1.82) is 0 Å². The molecule has 2 amide bonds. The summed E-state index contributed by atoms with van der Waals surface area (Å²) in [5, 5.41) is 11.1. The lowest BCUT2D eigenvalue weighted by Crippen LogP contribution is -2.42. The van der Waals surface area contributed by atoms with Crippen molar-refractivity contribution in [1.82, 2.24) is 25.2 Å². The summed E-state index contributed by atoms with van der Waals surface area (Å²) in [7, 11) is 3.98. The molecule has 1 aliphatic rings. The maximum absolute atomic E-state index is 13.0. The fourth-order valence-corrected chi connectivity index (χ4v) is 5.47. The molecule has 9 nitrogen and oxygen atoms in total. The van der Waals surface area contributed by atoms with Crippen LogP contribution in [0.25, 0.3) is 22.2 Å². The molecular formula is C31H36ClN7O2. The van der Waals surface area contributed by atoms with Gasteiger partial charge in [0.2, 0.25) is 11.9 Å². The molecule has 10 heteroatoms. The zero-order chi connectivity index (χ0) is 28.8. The molecule has 5 rings (SSSR count). The van der Waals surface area contributed by atoms with Gasteiger partial charge in [0.15, 0.2) is 0 Å². The minimum absolute atomic E-state index is 0.0250. The van der Waals surface area contributed by atoms with Crippen molar-refractivity contribution in [2.45, 2.75) is 50.6 Å². The second-order valence-electron chi connectivity index (χ2n) is 10.8. The smallest absolute Gasteiger partial charge is 0.251 e. The number of anilines is 2. The quantitative estimate of drug-likeness (QED) is 0.193. The molecule has 1 fully saturated rings. The van der Waals surface area contributed by atoms with Crippen molar-refractivity contribution in [3.05, 3.63) is 71.5 Å². The van der Waals surface area contributed by atoms with Gasteiger partial charge >= 0.3 is 0 Å². The summed E-state index contributed by atoms with van der Waals surface area (Å²) in [6.07, 6.45) is 8.42. The van der Waals surface area contributed by atoms with Gasteiger partial charge < -0.3 is 25.8 Å². The Bertz CT molecular complexity index is 1500. The fourth-order valence-electron chi connectivity index (χ4n) is 5.28. The Morgan fingerprint density at radius 1 is 1.07 bits per heavy atom. The molecular weight excluding hydrogens is 538 g/mol. The largest absolute Gasteiger partial charge is 0.360 e. The highest BCUT2D eigenvalue weighted by Gasteiger charge is 2.25. The van der Waals surface area contributed by atoms with Crippen LogP contribution in [0.2, 0.25) is 5.02 Å². The second kappa shape index (κ2) is 13.1. The van der Waals surface area contributed by atoms with Gasteiger partial charge in [0, 0.05) is 52.4 Å². The average Bonchev–Trinajstić information content (AvgIpc) is 3.38. The number of aromatic nitrogens is 3. The summed E-state index contributed by atoms with van der Waals surface area (Å²) in [5.41, 5.74) is 3.88. The number of nitrogens with one attached hydrogen (secondary N) is 4. The average molecular weight is 574 g/mol. The zero-order valence-electron chi connectivity index (χ0n) is 23.4. The van der Waals surface area contributed by atoms with Crippen molar-refractivity contribution in [3.8, 4) is 11.3 Å². The number of nitrogens with zero attached hydrogens (tertiary/aromatic N) is 3. The zero-order valence-corrected chi connectivity index (χ0v) is 24.2. The summed E-state index contributed by atoms with van der Waals surface area (Å²) in [6, 6.07) is 15.2. The van der Waals surface area contributed by atoms with E-state index in [1.807, 2.05) is 44.6 Å². The van der Waals surface area contributed by atoms with Gasteiger partial charge in [0.25, 0.3) is 5.91 Å². The van der Waals surface area contributed by atoms with Gasteiger partial charge in [0.05, 0.1) is 16.9 Å². The van der Waals surface area contributed by atoms with Crippen LogP contribution in [0.5, 0.6) is 0 Å². The van der Waals surface area contributed by atoms with Crippen LogP contribution in [0.4, 0.5) is 11.6 Å². The van der Waals surface area contributed by atoms with E-state index in [-0.39, 0.29) is 23.9 Å². The van der Waals surface area contributed by atoms with Gasteiger partial charge in [-0.05, 0) is 83.1 Å². The first-order chi connectivity index (χ1) is 19.9. The molecule has 0 radical (unpaired) electrons. The van der Waals surface area contributed by atoms with Gasteiger partial charge in [0.1, 0.15) is 0 Å². The predicted molar refractivity (Wildman–Crippen MR) is 164 cm³/mol. The van der Waals surface area contributed by atoms with Crippen LogP contribution in [0.1, 0.15) is 48.9 Å². The monoisotopic (exact) mass is 573 g/mol. The number of hydrogen-bond acceptors (Lipinski definition) is 6. The van der Waals surface area contributed by atoms with Crippen molar-refractivity contribution in [2.75, 3.05) is 31.3 Å². The molecule has 2 heterocycles. The Kier molecular flexibility index (Phi) is 9.16. The topological polar surface area (TPSA) is 115 Å². The number of H-pyrrole nitrogens is 1. The summed E-state index contributed by atoms with van der Waals surface area (Å²) in [6.45, 7) is 0.864. The SMILES string of the molecule is CN(C)CCCC(=O)Nc1ccc(C(=O)N[C@H]2CCC[C@@H](Nc3ncc(Cl)c(-c4c[nH]c5ccccc45)n3)C2)cc1. The minimum atomic E-state index is -0.121. The number of rotatable bonds is 10. The molecule has 2 aromatic heterocycles. The molecule has 41 heavy (non-hydrogen) atoms. The summed E-state index contributed by atoms with van der Waals surface area (Å²) in [5.74, 6) is 0.373. The molecule has 0 saturated heterocycles. The van der Waals surface area contributed by atoms with Gasteiger partial charge in [-0.1, -0.05) is 29.8 Å². The Labute approximate surface area is 245 Å². The molecule has 1 saturated carbocycles. The molecule has 0 spiro atoms.